The smallest absolute Gasteiger partial charge is 0.349 e. The zero-order valence-corrected chi connectivity index (χ0v) is 14.3. The Labute approximate surface area is 140 Å². The lowest BCUT2D eigenvalue weighted by Crippen LogP contribution is -2.15. The fraction of sp³-hybridized carbons (Fsp3) is 0.588. The standard InChI is InChI=1S/C17H23ClF2O3/c1-3-4-5-6-7-8-9-23-16(22)15-13(17(18,19)20)10-12(2)11-14(15)21/h10-11,21H,3-9H2,1-2H3. The largest absolute Gasteiger partial charge is 0.507 e. The van der Waals surface area contributed by atoms with Gasteiger partial charge in [0.1, 0.15) is 11.3 Å². The molecule has 0 amide bonds. The van der Waals surface area contributed by atoms with E-state index in [9.17, 15) is 18.7 Å². The van der Waals surface area contributed by atoms with Crippen LogP contribution in [0.5, 0.6) is 5.75 Å². The van der Waals surface area contributed by atoms with Crippen LogP contribution in [0.1, 0.15) is 66.9 Å². The van der Waals surface area contributed by atoms with Crippen LogP contribution in [-0.4, -0.2) is 17.7 Å². The topological polar surface area (TPSA) is 46.5 Å². The van der Waals surface area contributed by atoms with Crippen molar-refractivity contribution in [2.24, 2.45) is 0 Å². The van der Waals surface area contributed by atoms with E-state index < -0.39 is 28.2 Å². The van der Waals surface area contributed by atoms with Gasteiger partial charge in [-0.05, 0) is 42.6 Å². The first kappa shape index (κ1) is 19.7. The lowest BCUT2D eigenvalue weighted by atomic mass is 10.0. The molecule has 0 radical (unpaired) electrons. The van der Waals surface area contributed by atoms with Crippen molar-refractivity contribution in [1.29, 1.82) is 0 Å². The number of esters is 1. The van der Waals surface area contributed by atoms with Crippen LogP contribution >= 0.6 is 11.6 Å². The molecule has 130 valence electrons. The van der Waals surface area contributed by atoms with E-state index in [0.29, 0.717) is 12.0 Å². The summed E-state index contributed by atoms with van der Waals surface area (Å²) in [4.78, 5) is 12.0. The van der Waals surface area contributed by atoms with Gasteiger partial charge in [-0.1, -0.05) is 39.0 Å². The number of carbonyl (C=O) groups is 1. The number of aromatic hydroxyl groups is 1. The van der Waals surface area contributed by atoms with Crippen LogP contribution in [0.25, 0.3) is 0 Å². The number of halogens is 3. The van der Waals surface area contributed by atoms with E-state index in [0.717, 1.165) is 31.7 Å². The molecule has 0 aliphatic carbocycles. The fourth-order valence-electron chi connectivity index (χ4n) is 2.32. The molecule has 0 aliphatic heterocycles. The van der Waals surface area contributed by atoms with Gasteiger partial charge in [0.15, 0.2) is 0 Å². The predicted molar refractivity (Wildman–Crippen MR) is 86.2 cm³/mol. The highest BCUT2D eigenvalue weighted by Crippen LogP contribution is 2.39. The Balaban J connectivity index is 2.66. The van der Waals surface area contributed by atoms with Crippen LogP contribution in [0.15, 0.2) is 12.1 Å². The van der Waals surface area contributed by atoms with Gasteiger partial charge in [0.05, 0.1) is 12.2 Å². The van der Waals surface area contributed by atoms with Crippen molar-refractivity contribution in [3.63, 3.8) is 0 Å². The summed E-state index contributed by atoms with van der Waals surface area (Å²) in [6.45, 7) is 3.78. The molecule has 0 atom stereocenters. The van der Waals surface area contributed by atoms with E-state index in [2.05, 4.69) is 6.92 Å². The predicted octanol–water partition coefficient (Wildman–Crippen LogP) is 5.51. The van der Waals surface area contributed by atoms with Crippen LogP contribution in [0.2, 0.25) is 0 Å². The quantitative estimate of drug-likeness (QED) is 0.364. The van der Waals surface area contributed by atoms with E-state index >= 15 is 0 Å². The molecule has 0 aromatic heterocycles. The first-order valence-corrected chi connectivity index (χ1v) is 8.23. The van der Waals surface area contributed by atoms with Crippen LogP contribution in [-0.2, 0) is 10.1 Å². The highest BCUT2D eigenvalue weighted by Gasteiger charge is 2.35. The molecule has 1 aromatic rings. The fourth-order valence-corrected chi connectivity index (χ4v) is 2.47. The molecular formula is C17H23ClF2O3. The van der Waals surface area contributed by atoms with Gasteiger partial charge in [0.25, 0.3) is 0 Å². The Kier molecular flexibility index (Phi) is 7.76. The summed E-state index contributed by atoms with van der Waals surface area (Å²) in [7, 11) is 0. The number of rotatable bonds is 9. The van der Waals surface area contributed by atoms with E-state index in [1.807, 2.05) is 0 Å². The summed E-state index contributed by atoms with van der Waals surface area (Å²) in [5, 5.41) is 6.06. The number of ether oxygens (including phenoxy) is 1. The third-order valence-electron chi connectivity index (χ3n) is 3.50. The maximum Gasteiger partial charge on any atom is 0.349 e. The third kappa shape index (κ3) is 6.34. The number of benzene rings is 1. The maximum atomic E-state index is 13.4. The molecule has 0 fully saturated rings. The summed E-state index contributed by atoms with van der Waals surface area (Å²) in [6.07, 6.45) is 6.07. The summed E-state index contributed by atoms with van der Waals surface area (Å²) in [6, 6.07) is 2.31. The normalized spacial score (nSPS) is 11.5. The van der Waals surface area contributed by atoms with Gasteiger partial charge < -0.3 is 9.84 Å². The van der Waals surface area contributed by atoms with E-state index in [1.165, 1.54) is 19.4 Å². The molecule has 23 heavy (non-hydrogen) atoms. The Morgan fingerprint density at radius 2 is 1.83 bits per heavy atom. The second kappa shape index (κ2) is 9.06. The second-order valence-electron chi connectivity index (χ2n) is 5.61. The van der Waals surface area contributed by atoms with Crippen molar-refractivity contribution in [3.05, 3.63) is 28.8 Å². The van der Waals surface area contributed by atoms with Gasteiger partial charge in [-0.15, -0.1) is 0 Å². The Morgan fingerprint density at radius 1 is 1.22 bits per heavy atom. The van der Waals surface area contributed by atoms with Crippen molar-refractivity contribution in [2.75, 3.05) is 6.61 Å². The highest BCUT2D eigenvalue weighted by atomic mass is 35.5. The molecular weight excluding hydrogens is 326 g/mol. The first-order chi connectivity index (χ1) is 10.8. The SMILES string of the molecule is CCCCCCCCOC(=O)c1c(O)cc(C)cc1C(F)(F)Cl. The first-order valence-electron chi connectivity index (χ1n) is 7.85. The van der Waals surface area contributed by atoms with Crippen molar-refractivity contribution >= 4 is 17.6 Å². The molecule has 0 heterocycles. The van der Waals surface area contributed by atoms with Gasteiger partial charge in [0, 0.05) is 0 Å². The summed E-state index contributed by atoms with van der Waals surface area (Å²) in [5.41, 5.74) is -0.920. The minimum Gasteiger partial charge on any atom is -0.507 e. The molecule has 1 rings (SSSR count). The van der Waals surface area contributed by atoms with Gasteiger partial charge in [-0.25, -0.2) is 4.79 Å². The van der Waals surface area contributed by atoms with Crippen molar-refractivity contribution in [2.45, 2.75) is 57.8 Å². The summed E-state index contributed by atoms with van der Waals surface area (Å²) >= 11 is 5.03. The van der Waals surface area contributed by atoms with Crippen LogP contribution in [0, 0.1) is 6.92 Å². The minimum atomic E-state index is -3.75. The average Bonchev–Trinajstić information content (AvgIpc) is 2.44. The number of unbranched alkanes of at least 4 members (excludes halogenated alkanes) is 5. The zero-order chi connectivity index (χ0) is 17.5. The Bertz CT molecular complexity index is 527. The minimum absolute atomic E-state index is 0.131. The number of aryl methyl sites for hydroxylation is 1. The number of phenols is 1. The Morgan fingerprint density at radius 3 is 2.43 bits per heavy atom. The second-order valence-corrected chi connectivity index (χ2v) is 6.08. The van der Waals surface area contributed by atoms with E-state index in [1.54, 1.807) is 0 Å². The molecule has 0 bridgehead atoms. The number of hydrogen-bond acceptors (Lipinski definition) is 3. The van der Waals surface area contributed by atoms with Crippen LogP contribution < -0.4 is 0 Å². The van der Waals surface area contributed by atoms with Gasteiger partial charge in [-0.2, -0.15) is 8.78 Å². The highest BCUT2D eigenvalue weighted by molar-refractivity contribution is 6.22. The number of hydrogen-bond donors (Lipinski definition) is 1. The van der Waals surface area contributed by atoms with Crippen molar-refractivity contribution in [1.82, 2.24) is 0 Å². The molecule has 0 saturated heterocycles. The Hall–Kier alpha value is -1.36. The number of alkyl halides is 3. The van der Waals surface area contributed by atoms with Crippen molar-refractivity contribution in [3.8, 4) is 5.75 Å². The van der Waals surface area contributed by atoms with Gasteiger partial charge in [0.2, 0.25) is 0 Å². The van der Waals surface area contributed by atoms with Crippen LogP contribution in [0.3, 0.4) is 0 Å². The van der Waals surface area contributed by atoms with Crippen LogP contribution in [0.4, 0.5) is 8.78 Å². The lowest BCUT2D eigenvalue weighted by Gasteiger charge is -2.15. The number of carbonyl (C=O) groups excluding carboxylic acids is 1. The van der Waals surface area contributed by atoms with E-state index in [-0.39, 0.29) is 6.61 Å². The molecule has 0 aliphatic rings. The third-order valence-corrected chi connectivity index (χ3v) is 3.71. The monoisotopic (exact) mass is 348 g/mol. The van der Waals surface area contributed by atoms with E-state index in [4.69, 9.17) is 16.3 Å². The van der Waals surface area contributed by atoms with Crippen molar-refractivity contribution < 1.29 is 23.4 Å². The van der Waals surface area contributed by atoms with Gasteiger partial charge in [-0.3, -0.25) is 0 Å². The summed E-state index contributed by atoms with van der Waals surface area (Å²) < 4.78 is 31.9. The molecule has 3 nitrogen and oxygen atoms in total. The summed E-state index contributed by atoms with van der Waals surface area (Å²) in [5.74, 6) is -1.53. The number of phenolic OH excluding ortho intramolecular Hbond substituents is 1. The molecule has 0 unspecified atom stereocenters. The molecule has 1 N–H and O–H groups in total. The average molecular weight is 349 g/mol. The molecule has 0 saturated carbocycles. The lowest BCUT2D eigenvalue weighted by molar-refractivity contribution is 0.0469. The molecule has 0 spiro atoms. The van der Waals surface area contributed by atoms with Gasteiger partial charge >= 0.3 is 11.4 Å². The molecule has 1 aromatic carbocycles. The molecule has 6 heteroatoms. The zero-order valence-electron chi connectivity index (χ0n) is 13.5. The maximum absolute atomic E-state index is 13.4.